The highest BCUT2D eigenvalue weighted by Gasteiger charge is 2.28. The minimum Gasteiger partial charge on any atom is -0.423 e. The van der Waals surface area contributed by atoms with Gasteiger partial charge in [0, 0.05) is 0 Å². The van der Waals surface area contributed by atoms with Gasteiger partial charge in [0.1, 0.15) is 0 Å². The Morgan fingerprint density at radius 1 is 1.33 bits per heavy atom. The summed E-state index contributed by atoms with van der Waals surface area (Å²) in [6, 6.07) is 0. The van der Waals surface area contributed by atoms with Crippen molar-refractivity contribution in [3.63, 3.8) is 0 Å². The van der Waals surface area contributed by atoms with Crippen molar-refractivity contribution in [2.75, 3.05) is 6.61 Å². The molecule has 3 heteroatoms. The van der Waals surface area contributed by atoms with E-state index in [1.807, 2.05) is 46.8 Å². The topological polar surface area (TPSA) is 29.5 Å². The Morgan fingerprint density at radius 3 is 2.27 bits per heavy atom. The molecule has 0 aromatic carbocycles. The van der Waals surface area contributed by atoms with E-state index >= 15 is 0 Å². The third-order valence-corrected chi connectivity index (χ3v) is 1.66. The molecule has 1 rings (SSSR count). The molecule has 0 amide bonds. The van der Waals surface area contributed by atoms with Crippen LogP contribution in [0, 0.1) is 0 Å². The summed E-state index contributed by atoms with van der Waals surface area (Å²) in [5, 5.41) is 9.22. The van der Waals surface area contributed by atoms with Gasteiger partial charge in [-0.2, -0.15) is 0 Å². The zero-order chi connectivity index (χ0) is 12.3. The highest BCUT2D eigenvalue weighted by molar-refractivity contribution is 6.55. The van der Waals surface area contributed by atoms with Gasteiger partial charge in [0.2, 0.25) is 0 Å². The minimum atomic E-state index is -0.744. The molecule has 0 atom stereocenters. The van der Waals surface area contributed by atoms with E-state index in [1.165, 1.54) is 0 Å². The molecule has 1 aliphatic heterocycles. The van der Waals surface area contributed by atoms with Gasteiger partial charge >= 0.3 is 7.12 Å². The average molecular weight is 210 g/mol. The summed E-state index contributed by atoms with van der Waals surface area (Å²) in [4.78, 5) is 0. The summed E-state index contributed by atoms with van der Waals surface area (Å²) < 4.78 is 4.99. The van der Waals surface area contributed by atoms with Crippen molar-refractivity contribution in [3.05, 3.63) is 35.9 Å². The van der Waals surface area contributed by atoms with Crippen LogP contribution in [0.15, 0.2) is 35.9 Å². The number of hydrogen-bond donors (Lipinski definition) is 1. The van der Waals surface area contributed by atoms with E-state index < -0.39 is 7.12 Å². The molecule has 15 heavy (non-hydrogen) atoms. The molecule has 0 aromatic rings. The molecule has 0 radical (unpaired) electrons. The van der Waals surface area contributed by atoms with Crippen molar-refractivity contribution >= 4 is 7.12 Å². The Balaban J connectivity index is 0. The molecule has 0 aliphatic carbocycles. The van der Waals surface area contributed by atoms with Crippen molar-refractivity contribution in [1.82, 2.24) is 0 Å². The molecular formula is C12H23BO2. The Labute approximate surface area is 94.5 Å². The van der Waals surface area contributed by atoms with Crippen LogP contribution < -0.4 is 0 Å². The van der Waals surface area contributed by atoms with E-state index in [0.717, 1.165) is 11.0 Å². The van der Waals surface area contributed by atoms with Gasteiger partial charge in [0.25, 0.3) is 0 Å². The second kappa shape index (κ2) is 11.3. The third kappa shape index (κ3) is 5.60. The summed E-state index contributed by atoms with van der Waals surface area (Å²) in [7, 11) is -0.744. The van der Waals surface area contributed by atoms with Gasteiger partial charge in [-0.3, -0.25) is 0 Å². The first-order chi connectivity index (χ1) is 7.29. The molecule has 1 saturated heterocycles. The lowest BCUT2D eigenvalue weighted by Crippen LogP contribution is -2.12. The fraction of sp³-hybridized carbons (Fsp3) is 0.500. The van der Waals surface area contributed by atoms with Gasteiger partial charge in [-0.15, -0.1) is 0 Å². The second-order valence-corrected chi connectivity index (χ2v) is 2.33. The molecule has 0 saturated carbocycles. The van der Waals surface area contributed by atoms with E-state index in [4.69, 9.17) is 4.65 Å². The smallest absolute Gasteiger partial charge is 0.423 e. The first-order valence-corrected chi connectivity index (χ1v) is 5.57. The molecule has 1 fully saturated rings. The van der Waals surface area contributed by atoms with E-state index in [0.29, 0.717) is 6.61 Å². The highest BCUT2D eigenvalue weighted by atomic mass is 16.5. The Morgan fingerprint density at radius 2 is 1.87 bits per heavy atom. The highest BCUT2D eigenvalue weighted by Crippen LogP contribution is 2.20. The predicted octanol–water partition coefficient (Wildman–Crippen LogP) is 3.15. The zero-order valence-electron chi connectivity index (χ0n) is 10.6. The monoisotopic (exact) mass is 210 g/mol. The quantitative estimate of drug-likeness (QED) is 0.673. The molecular weight excluding hydrogens is 187 g/mol. The fourth-order valence-corrected chi connectivity index (χ4v) is 1.11. The zero-order valence-corrected chi connectivity index (χ0v) is 10.6. The maximum absolute atomic E-state index is 9.22. The Hall–Kier alpha value is -0.795. The first kappa shape index (κ1) is 16.6. The van der Waals surface area contributed by atoms with Gasteiger partial charge in [0.05, 0.1) is 6.61 Å². The lowest BCUT2D eigenvalue weighted by Gasteiger charge is -1.95. The van der Waals surface area contributed by atoms with E-state index in [-0.39, 0.29) is 0 Å². The van der Waals surface area contributed by atoms with Gasteiger partial charge in [-0.05, 0) is 18.0 Å². The molecule has 2 nitrogen and oxygen atoms in total. The summed E-state index contributed by atoms with van der Waals surface area (Å²) in [5.74, 6) is 0. The van der Waals surface area contributed by atoms with Crippen molar-refractivity contribution in [2.45, 2.75) is 34.6 Å². The largest absolute Gasteiger partial charge is 0.491 e. The van der Waals surface area contributed by atoms with Crippen LogP contribution in [0.4, 0.5) is 0 Å². The molecule has 1 aliphatic rings. The van der Waals surface area contributed by atoms with Crippen LogP contribution in [0.5, 0.6) is 0 Å². The standard InChI is InChI=1S/C8H11BO2.2C2H6/c1-3-5-7-6-11-9(10)8(7)4-2;2*1-2/h3-5,10H,1,6H2,2H3;2*1-2H3/b7-5-,8-4+;;. The Kier molecular flexibility index (Phi) is 12.5. The molecule has 0 aromatic heterocycles. The molecule has 0 unspecified atom stereocenters. The van der Waals surface area contributed by atoms with Crippen molar-refractivity contribution in [1.29, 1.82) is 0 Å². The maximum atomic E-state index is 9.22. The van der Waals surface area contributed by atoms with Crippen LogP contribution in [-0.2, 0) is 4.65 Å². The average Bonchev–Trinajstić information content (AvgIpc) is 2.65. The van der Waals surface area contributed by atoms with Gasteiger partial charge in [-0.25, -0.2) is 0 Å². The maximum Gasteiger partial charge on any atom is 0.491 e. The number of rotatable bonds is 1. The van der Waals surface area contributed by atoms with Crippen LogP contribution in [0.2, 0.25) is 0 Å². The lowest BCUT2D eigenvalue weighted by molar-refractivity contribution is 0.316. The SMILES string of the molecule is C=C/C=C1/COB(O)/C1=C/C.CC.CC. The van der Waals surface area contributed by atoms with Crippen LogP contribution in [0.25, 0.3) is 0 Å². The van der Waals surface area contributed by atoms with Crippen LogP contribution >= 0.6 is 0 Å². The lowest BCUT2D eigenvalue weighted by atomic mass is 9.77. The van der Waals surface area contributed by atoms with Crippen LogP contribution in [0.3, 0.4) is 0 Å². The summed E-state index contributed by atoms with van der Waals surface area (Å²) in [6.07, 6.45) is 5.40. The van der Waals surface area contributed by atoms with Crippen LogP contribution in [0.1, 0.15) is 34.6 Å². The predicted molar refractivity (Wildman–Crippen MR) is 68.7 cm³/mol. The van der Waals surface area contributed by atoms with E-state index in [9.17, 15) is 5.02 Å². The summed E-state index contributed by atoms with van der Waals surface area (Å²) >= 11 is 0. The normalized spacial score (nSPS) is 19.2. The molecule has 0 bridgehead atoms. The summed E-state index contributed by atoms with van der Waals surface area (Å²) in [6.45, 7) is 13.9. The van der Waals surface area contributed by atoms with Gasteiger partial charge < -0.3 is 9.68 Å². The van der Waals surface area contributed by atoms with E-state index in [1.54, 1.807) is 6.08 Å². The third-order valence-electron chi connectivity index (χ3n) is 1.66. The summed E-state index contributed by atoms with van der Waals surface area (Å²) in [5.41, 5.74) is 1.86. The minimum absolute atomic E-state index is 0.479. The van der Waals surface area contributed by atoms with Crippen molar-refractivity contribution < 1.29 is 9.68 Å². The van der Waals surface area contributed by atoms with Crippen molar-refractivity contribution in [2.24, 2.45) is 0 Å². The van der Waals surface area contributed by atoms with Gasteiger partial charge in [-0.1, -0.05) is 52.5 Å². The van der Waals surface area contributed by atoms with E-state index in [2.05, 4.69) is 6.58 Å². The van der Waals surface area contributed by atoms with Crippen molar-refractivity contribution in [3.8, 4) is 0 Å². The second-order valence-electron chi connectivity index (χ2n) is 2.33. The Bertz CT molecular complexity index is 220. The van der Waals surface area contributed by atoms with Gasteiger partial charge in [0.15, 0.2) is 0 Å². The molecule has 1 heterocycles. The fourth-order valence-electron chi connectivity index (χ4n) is 1.11. The number of hydrogen-bond acceptors (Lipinski definition) is 2. The first-order valence-electron chi connectivity index (χ1n) is 5.57. The number of allylic oxidation sites excluding steroid dienone is 3. The molecule has 86 valence electrons. The molecule has 0 spiro atoms. The molecule has 1 N–H and O–H groups in total. The van der Waals surface area contributed by atoms with Crippen LogP contribution in [-0.4, -0.2) is 18.7 Å².